The van der Waals surface area contributed by atoms with Crippen LogP contribution in [0.3, 0.4) is 0 Å². The first-order valence-electron chi connectivity index (χ1n) is 6.29. The summed E-state index contributed by atoms with van der Waals surface area (Å²) in [4.78, 5) is 25.2. The molecular weight excluding hydrogens is 379 g/mol. The number of amides is 2. The van der Waals surface area contributed by atoms with E-state index >= 15 is 0 Å². The summed E-state index contributed by atoms with van der Waals surface area (Å²) in [5.41, 5.74) is -1.46. The molecule has 3 rings (SSSR count). The number of imide groups is 1. The zero-order chi connectivity index (χ0) is 16.9. The van der Waals surface area contributed by atoms with Crippen molar-refractivity contribution in [1.82, 2.24) is 0 Å². The van der Waals surface area contributed by atoms with Crippen molar-refractivity contribution in [1.29, 1.82) is 0 Å². The van der Waals surface area contributed by atoms with Crippen molar-refractivity contribution >= 4 is 33.4 Å². The summed E-state index contributed by atoms with van der Waals surface area (Å²) in [6, 6.07) is 7.12. The van der Waals surface area contributed by atoms with E-state index in [9.17, 15) is 27.9 Å². The molecule has 1 aliphatic heterocycles. The Kier molecular flexibility index (Phi) is 3.44. The Morgan fingerprint density at radius 1 is 1.00 bits per heavy atom. The number of aromatic hydroxyl groups is 1. The maximum atomic E-state index is 12.9. The fraction of sp³-hybridized carbons (Fsp3) is 0.0667. The second kappa shape index (κ2) is 5.09. The van der Waals surface area contributed by atoms with Gasteiger partial charge in [-0.25, -0.2) is 4.90 Å². The summed E-state index contributed by atoms with van der Waals surface area (Å²) < 4.78 is 38.5. The topological polar surface area (TPSA) is 57.6 Å². The van der Waals surface area contributed by atoms with Crippen molar-refractivity contribution < 1.29 is 27.9 Å². The molecule has 0 saturated carbocycles. The van der Waals surface area contributed by atoms with E-state index in [0.29, 0.717) is 17.0 Å². The summed E-state index contributed by atoms with van der Waals surface area (Å²) in [6.45, 7) is 0. The maximum absolute atomic E-state index is 12.9. The highest BCUT2D eigenvalue weighted by Crippen LogP contribution is 2.43. The summed E-state index contributed by atoms with van der Waals surface area (Å²) in [7, 11) is 0. The van der Waals surface area contributed by atoms with Crippen molar-refractivity contribution in [3.8, 4) is 5.75 Å². The van der Waals surface area contributed by atoms with Crippen LogP contribution in [0.15, 0.2) is 40.9 Å². The van der Waals surface area contributed by atoms with Gasteiger partial charge < -0.3 is 5.11 Å². The number of anilines is 1. The van der Waals surface area contributed by atoms with Gasteiger partial charge in [0.2, 0.25) is 0 Å². The molecule has 2 aromatic carbocycles. The fourth-order valence-corrected chi connectivity index (χ4v) is 2.78. The molecule has 1 heterocycles. The number of hydrogen-bond acceptors (Lipinski definition) is 3. The normalized spacial score (nSPS) is 14.3. The molecule has 0 bridgehead atoms. The number of alkyl halides is 3. The molecule has 0 atom stereocenters. The monoisotopic (exact) mass is 385 g/mol. The summed E-state index contributed by atoms with van der Waals surface area (Å²) in [6.07, 6.45) is -4.69. The molecule has 8 heteroatoms. The van der Waals surface area contributed by atoms with Gasteiger partial charge in [0.25, 0.3) is 11.8 Å². The summed E-state index contributed by atoms with van der Waals surface area (Å²) in [5.74, 6) is -2.19. The third-order valence-corrected chi connectivity index (χ3v) is 4.01. The Morgan fingerprint density at radius 3 is 2.00 bits per heavy atom. The zero-order valence-corrected chi connectivity index (χ0v) is 12.8. The van der Waals surface area contributed by atoms with Crippen LogP contribution in [0.2, 0.25) is 0 Å². The van der Waals surface area contributed by atoms with Gasteiger partial charge in [0, 0.05) is 0 Å². The number of nitrogens with zero attached hydrogens (tertiary/aromatic N) is 1. The third-order valence-electron chi connectivity index (χ3n) is 3.41. The number of phenolic OH excluding ortho intramolecular Hbond substituents is 1. The van der Waals surface area contributed by atoms with E-state index in [1.54, 1.807) is 0 Å². The van der Waals surface area contributed by atoms with Crippen molar-refractivity contribution in [2.75, 3.05) is 4.90 Å². The van der Waals surface area contributed by atoms with E-state index in [4.69, 9.17) is 0 Å². The van der Waals surface area contributed by atoms with Crippen LogP contribution in [-0.2, 0) is 6.18 Å². The van der Waals surface area contributed by atoms with Gasteiger partial charge in [-0.2, -0.15) is 13.2 Å². The Hall–Kier alpha value is -2.35. The van der Waals surface area contributed by atoms with E-state index in [2.05, 4.69) is 15.9 Å². The van der Waals surface area contributed by atoms with Crippen LogP contribution in [0.25, 0.3) is 0 Å². The zero-order valence-electron chi connectivity index (χ0n) is 11.2. The van der Waals surface area contributed by atoms with Crippen molar-refractivity contribution in [2.45, 2.75) is 6.18 Å². The number of fused-ring (bicyclic) bond motifs is 1. The van der Waals surface area contributed by atoms with E-state index < -0.39 is 35.0 Å². The molecule has 0 aliphatic carbocycles. The highest BCUT2D eigenvalue weighted by molar-refractivity contribution is 9.10. The van der Waals surface area contributed by atoms with Gasteiger partial charge in [-0.1, -0.05) is 12.1 Å². The van der Waals surface area contributed by atoms with Crippen LogP contribution in [0.1, 0.15) is 26.3 Å². The SMILES string of the molecule is O=C1c2ccccc2C(=O)N1c1cc(C(F)(F)F)cc(Br)c1O. The van der Waals surface area contributed by atoms with E-state index in [1.165, 1.54) is 24.3 Å². The lowest BCUT2D eigenvalue weighted by Crippen LogP contribution is -2.29. The van der Waals surface area contributed by atoms with Crippen LogP contribution < -0.4 is 4.90 Å². The molecule has 2 amide bonds. The van der Waals surface area contributed by atoms with E-state index in [-0.39, 0.29) is 15.6 Å². The number of carbonyl (C=O) groups is 2. The van der Waals surface area contributed by atoms with Gasteiger partial charge in [0.15, 0.2) is 5.75 Å². The first-order chi connectivity index (χ1) is 10.7. The third kappa shape index (κ3) is 2.39. The standard InChI is InChI=1S/C15H7BrF3NO3/c16-10-5-7(15(17,18)19)6-11(12(10)21)20-13(22)8-3-1-2-4-9(8)14(20)23/h1-6,21H. The molecule has 118 valence electrons. The average molecular weight is 386 g/mol. The predicted octanol–water partition coefficient (Wildman–Crippen LogP) is 3.97. The minimum atomic E-state index is -4.69. The lowest BCUT2D eigenvalue weighted by Gasteiger charge is -2.18. The highest BCUT2D eigenvalue weighted by Gasteiger charge is 2.40. The van der Waals surface area contributed by atoms with Gasteiger partial charge in [-0.3, -0.25) is 9.59 Å². The quantitative estimate of drug-likeness (QED) is 0.755. The molecular formula is C15H7BrF3NO3. The molecule has 0 fully saturated rings. The largest absolute Gasteiger partial charge is 0.505 e. The smallest absolute Gasteiger partial charge is 0.416 e. The Bertz CT molecular complexity index is 813. The highest BCUT2D eigenvalue weighted by atomic mass is 79.9. The van der Waals surface area contributed by atoms with Gasteiger partial charge in [-0.05, 0) is 40.2 Å². The van der Waals surface area contributed by atoms with Gasteiger partial charge >= 0.3 is 6.18 Å². The number of benzene rings is 2. The average Bonchev–Trinajstić information content (AvgIpc) is 2.73. The molecule has 0 aromatic heterocycles. The van der Waals surface area contributed by atoms with Gasteiger partial charge in [0.1, 0.15) is 0 Å². The van der Waals surface area contributed by atoms with Gasteiger partial charge in [0.05, 0.1) is 26.9 Å². The molecule has 1 aliphatic rings. The van der Waals surface area contributed by atoms with Crippen LogP contribution in [0, 0.1) is 0 Å². The first-order valence-corrected chi connectivity index (χ1v) is 7.08. The molecule has 23 heavy (non-hydrogen) atoms. The number of carbonyl (C=O) groups excluding carboxylic acids is 2. The van der Waals surface area contributed by atoms with Crippen LogP contribution >= 0.6 is 15.9 Å². The molecule has 0 unspecified atom stereocenters. The predicted molar refractivity (Wildman–Crippen MR) is 78.4 cm³/mol. The summed E-state index contributed by atoms with van der Waals surface area (Å²) >= 11 is 2.81. The van der Waals surface area contributed by atoms with Crippen LogP contribution in [0.5, 0.6) is 5.75 Å². The maximum Gasteiger partial charge on any atom is 0.416 e. The molecule has 4 nitrogen and oxygen atoms in total. The second-order valence-corrected chi connectivity index (χ2v) is 5.67. The van der Waals surface area contributed by atoms with Crippen LogP contribution in [0.4, 0.5) is 18.9 Å². The van der Waals surface area contributed by atoms with Crippen molar-refractivity contribution in [2.24, 2.45) is 0 Å². The second-order valence-electron chi connectivity index (χ2n) is 4.81. The Morgan fingerprint density at radius 2 is 1.52 bits per heavy atom. The van der Waals surface area contributed by atoms with E-state index in [1.807, 2.05) is 0 Å². The minimum Gasteiger partial charge on any atom is -0.505 e. The van der Waals surface area contributed by atoms with Crippen molar-refractivity contribution in [3.05, 3.63) is 57.6 Å². The molecule has 1 N–H and O–H groups in total. The Labute approximate surface area is 136 Å². The van der Waals surface area contributed by atoms with Gasteiger partial charge in [-0.15, -0.1) is 0 Å². The Balaban J connectivity index is 2.19. The number of rotatable bonds is 1. The number of phenols is 1. The summed E-state index contributed by atoms with van der Waals surface area (Å²) in [5, 5.41) is 10.0. The molecule has 0 saturated heterocycles. The van der Waals surface area contributed by atoms with Crippen molar-refractivity contribution in [3.63, 3.8) is 0 Å². The molecule has 0 radical (unpaired) electrons. The van der Waals surface area contributed by atoms with Crippen LogP contribution in [-0.4, -0.2) is 16.9 Å². The fourth-order valence-electron chi connectivity index (χ4n) is 2.33. The molecule has 0 spiro atoms. The number of hydrogen-bond donors (Lipinski definition) is 1. The lowest BCUT2D eigenvalue weighted by atomic mass is 10.1. The number of halogens is 4. The minimum absolute atomic E-state index is 0.0745. The van der Waals surface area contributed by atoms with E-state index in [0.717, 1.165) is 0 Å². The molecule has 2 aromatic rings. The lowest BCUT2D eigenvalue weighted by molar-refractivity contribution is -0.137. The first kappa shape index (κ1) is 15.5.